The van der Waals surface area contributed by atoms with Crippen LogP contribution in [0.3, 0.4) is 0 Å². The summed E-state index contributed by atoms with van der Waals surface area (Å²) < 4.78 is 0. The molecule has 0 fully saturated rings. The van der Waals surface area contributed by atoms with Gasteiger partial charge in [-0.2, -0.15) is 0 Å². The molecule has 1 heterocycles. The molecule has 13 heavy (non-hydrogen) atoms. The van der Waals surface area contributed by atoms with Gasteiger partial charge in [-0.3, -0.25) is 4.98 Å². The van der Waals surface area contributed by atoms with Crippen LogP contribution in [0.1, 0.15) is 31.2 Å². The molecule has 0 aromatic carbocycles. The lowest BCUT2D eigenvalue weighted by atomic mass is 10.1. The molecule has 1 aromatic rings. The first-order chi connectivity index (χ1) is 6.09. The van der Waals surface area contributed by atoms with E-state index in [1.807, 2.05) is 12.1 Å². The van der Waals surface area contributed by atoms with Crippen molar-refractivity contribution < 1.29 is 10.2 Å². The summed E-state index contributed by atoms with van der Waals surface area (Å²) in [5, 5.41) is 18.3. The minimum Gasteiger partial charge on any atom is -0.393 e. The molecule has 0 bridgehead atoms. The van der Waals surface area contributed by atoms with Crippen LogP contribution in [-0.2, 0) is 6.42 Å². The van der Waals surface area contributed by atoms with Gasteiger partial charge in [-0.15, -0.1) is 0 Å². The lowest BCUT2D eigenvalue weighted by molar-refractivity contribution is 0.193. The zero-order valence-electron chi connectivity index (χ0n) is 7.94. The number of pyridine rings is 1. The molecule has 0 amide bonds. The van der Waals surface area contributed by atoms with E-state index in [2.05, 4.69) is 4.98 Å². The second-order valence-corrected chi connectivity index (χ2v) is 3.31. The average Bonchev–Trinajstić information content (AvgIpc) is 2.04. The van der Waals surface area contributed by atoms with Crippen molar-refractivity contribution in [2.24, 2.45) is 0 Å². The second kappa shape index (κ2) is 4.35. The van der Waals surface area contributed by atoms with Gasteiger partial charge in [0.2, 0.25) is 0 Å². The van der Waals surface area contributed by atoms with Crippen molar-refractivity contribution in [1.82, 2.24) is 4.98 Å². The molecular formula is C10H15NO2. The summed E-state index contributed by atoms with van der Waals surface area (Å²) in [6.07, 6.45) is 1.35. The molecule has 3 heteroatoms. The Morgan fingerprint density at radius 2 is 2.00 bits per heavy atom. The van der Waals surface area contributed by atoms with Gasteiger partial charge in [-0.25, -0.2) is 0 Å². The number of hydrogen-bond acceptors (Lipinski definition) is 3. The number of nitrogens with zero attached hydrogens (tertiary/aromatic N) is 1. The molecule has 0 radical (unpaired) electrons. The SMILES string of the molecule is CC(O)Cc1ccc(C(C)O)cn1. The molecule has 3 nitrogen and oxygen atoms in total. The van der Waals surface area contributed by atoms with Gasteiger partial charge >= 0.3 is 0 Å². The summed E-state index contributed by atoms with van der Waals surface area (Å²) in [6, 6.07) is 3.66. The zero-order valence-corrected chi connectivity index (χ0v) is 7.94. The van der Waals surface area contributed by atoms with Crippen molar-refractivity contribution in [2.45, 2.75) is 32.5 Å². The average molecular weight is 181 g/mol. The number of aliphatic hydroxyl groups excluding tert-OH is 2. The molecule has 2 N–H and O–H groups in total. The van der Waals surface area contributed by atoms with Crippen molar-refractivity contribution in [3.63, 3.8) is 0 Å². The fourth-order valence-electron chi connectivity index (χ4n) is 1.11. The molecule has 0 saturated heterocycles. The predicted molar refractivity (Wildman–Crippen MR) is 50.3 cm³/mol. The highest BCUT2D eigenvalue weighted by atomic mass is 16.3. The van der Waals surface area contributed by atoms with Gasteiger partial charge in [0.15, 0.2) is 0 Å². The van der Waals surface area contributed by atoms with E-state index in [-0.39, 0.29) is 6.10 Å². The maximum Gasteiger partial charge on any atom is 0.0776 e. The van der Waals surface area contributed by atoms with E-state index >= 15 is 0 Å². The minimum absolute atomic E-state index is 0.370. The van der Waals surface area contributed by atoms with Crippen molar-refractivity contribution >= 4 is 0 Å². The first-order valence-electron chi connectivity index (χ1n) is 4.40. The molecule has 0 aliphatic heterocycles. The third-order valence-electron chi connectivity index (χ3n) is 1.83. The molecule has 0 saturated carbocycles. The smallest absolute Gasteiger partial charge is 0.0776 e. The number of aromatic nitrogens is 1. The lowest BCUT2D eigenvalue weighted by Gasteiger charge is -2.06. The molecule has 72 valence electrons. The topological polar surface area (TPSA) is 53.4 Å². The highest BCUT2D eigenvalue weighted by Crippen LogP contribution is 2.10. The summed E-state index contributed by atoms with van der Waals surface area (Å²) in [5.74, 6) is 0. The fraction of sp³-hybridized carbons (Fsp3) is 0.500. The monoisotopic (exact) mass is 181 g/mol. The van der Waals surface area contributed by atoms with Crippen LogP contribution in [0.2, 0.25) is 0 Å². The van der Waals surface area contributed by atoms with Crippen LogP contribution in [0.25, 0.3) is 0 Å². The fourth-order valence-corrected chi connectivity index (χ4v) is 1.11. The largest absolute Gasteiger partial charge is 0.393 e. The summed E-state index contributed by atoms with van der Waals surface area (Å²) >= 11 is 0. The highest BCUT2D eigenvalue weighted by Gasteiger charge is 2.03. The first-order valence-corrected chi connectivity index (χ1v) is 4.40. The molecule has 2 unspecified atom stereocenters. The predicted octanol–water partition coefficient (Wildman–Crippen LogP) is 1.06. The third-order valence-corrected chi connectivity index (χ3v) is 1.83. The van der Waals surface area contributed by atoms with Crippen molar-refractivity contribution in [1.29, 1.82) is 0 Å². The van der Waals surface area contributed by atoms with E-state index in [0.29, 0.717) is 6.42 Å². The Morgan fingerprint density at radius 1 is 1.31 bits per heavy atom. The summed E-state index contributed by atoms with van der Waals surface area (Å²) in [7, 11) is 0. The van der Waals surface area contributed by atoms with Crippen LogP contribution in [0.4, 0.5) is 0 Å². The van der Waals surface area contributed by atoms with Crippen LogP contribution in [-0.4, -0.2) is 21.3 Å². The van der Waals surface area contributed by atoms with Crippen LogP contribution in [0, 0.1) is 0 Å². The maximum absolute atomic E-state index is 9.21. The Labute approximate surface area is 78.1 Å². The summed E-state index contributed by atoms with van der Waals surface area (Å²) in [6.45, 7) is 3.43. The highest BCUT2D eigenvalue weighted by molar-refractivity contribution is 5.16. The van der Waals surface area contributed by atoms with Crippen molar-refractivity contribution in [3.8, 4) is 0 Å². The first kappa shape index (κ1) is 10.2. The van der Waals surface area contributed by atoms with E-state index < -0.39 is 6.10 Å². The molecule has 1 rings (SSSR count). The van der Waals surface area contributed by atoms with Gasteiger partial charge in [-0.1, -0.05) is 6.07 Å². The van der Waals surface area contributed by atoms with Crippen LogP contribution in [0.15, 0.2) is 18.3 Å². The Bertz CT molecular complexity index is 254. The molecule has 0 aliphatic rings. The Morgan fingerprint density at radius 3 is 2.38 bits per heavy atom. The van der Waals surface area contributed by atoms with Gasteiger partial charge in [-0.05, 0) is 25.5 Å². The molecular weight excluding hydrogens is 166 g/mol. The van der Waals surface area contributed by atoms with Gasteiger partial charge in [0.05, 0.1) is 12.2 Å². The van der Waals surface area contributed by atoms with Gasteiger partial charge in [0.25, 0.3) is 0 Å². The van der Waals surface area contributed by atoms with Crippen molar-refractivity contribution in [2.75, 3.05) is 0 Å². The molecule has 2 atom stereocenters. The van der Waals surface area contributed by atoms with Crippen LogP contribution >= 0.6 is 0 Å². The van der Waals surface area contributed by atoms with Crippen molar-refractivity contribution in [3.05, 3.63) is 29.6 Å². The van der Waals surface area contributed by atoms with Gasteiger partial charge < -0.3 is 10.2 Å². The summed E-state index contributed by atoms with van der Waals surface area (Å²) in [4.78, 5) is 4.12. The Balaban J connectivity index is 2.70. The quantitative estimate of drug-likeness (QED) is 0.733. The van der Waals surface area contributed by atoms with Gasteiger partial charge in [0.1, 0.15) is 0 Å². The maximum atomic E-state index is 9.21. The van der Waals surface area contributed by atoms with E-state index in [0.717, 1.165) is 11.3 Å². The van der Waals surface area contributed by atoms with E-state index in [9.17, 15) is 5.11 Å². The lowest BCUT2D eigenvalue weighted by Crippen LogP contribution is -2.06. The van der Waals surface area contributed by atoms with Crippen LogP contribution < -0.4 is 0 Å². The normalized spacial score (nSPS) is 15.4. The number of hydrogen-bond donors (Lipinski definition) is 2. The molecule has 0 aliphatic carbocycles. The molecule has 0 spiro atoms. The van der Waals surface area contributed by atoms with Crippen LogP contribution in [0.5, 0.6) is 0 Å². The standard InChI is InChI=1S/C10H15NO2/c1-7(12)5-10-4-3-9(6-11-10)8(2)13/h3-4,6-8,12-13H,5H2,1-2H3. The Kier molecular flexibility index (Phi) is 3.39. The zero-order chi connectivity index (χ0) is 9.84. The van der Waals surface area contributed by atoms with Gasteiger partial charge in [0, 0.05) is 18.3 Å². The Hall–Kier alpha value is -0.930. The van der Waals surface area contributed by atoms with E-state index in [1.54, 1.807) is 20.0 Å². The minimum atomic E-state index is -0.479. The number of rotatable bonds is 3. The summed E-state index contributed by atoms with van der Waals surface area (Å²) in [5.41, 5.74) is 1.65. The third kappa shape index (κ3) is 3.13. The number of aliphatic hydroxyl groups is 2. The molecule has 1 aromatic heterocycles. The van der Waals surface area contributed by atoms with E-state index in [4.69, 9.17) is 5.11 Å². The van der Waals surface area contributed by atoms with E-state index in [1.165, 1.54) is 0 Å². The second-order valence-electron chi connectivity index (χ2n) is 3.31.